The Kier molecular flexibility index (Phi) is 3.76. The third-order valence-electron chi connectivity index (χ3n) is 4.51. The standard InChI is InChI=1S/C17H25N3O/c1-13-6-4-7-14(12-13)15-18-17(8-9-17)16(21)20(15)11-5-10-19(2)3/h4,6-7,12,15,18H,5,8-11H2,1-3H3. The fraction of sp³-hybridized carbons (Fsp3) is 0.588. The lowest BCUT2D eigenvalue weighted by Crippen LogP contribution is -2.34. The Labute approximate surface area is 127 Å². The van der Waals surface area contributed by atoms with Gasteiger partial charge >= 0.3 is 0 Å². The molecule has 3 rings (SSSR count). The van der Waals surface area contributed by atoms with E-state index < -0.39 is 0 Å². The number of rotatable bonds is 5. The van der Waals surface area contributed by atoms with Crippen molar-refractivity contribution in [2.45, 2.75) is 37.9 Å². The number of carbonyl (C=O) groups excluding carboxylic acids is 1. The number of nitrogens with zero attached hydrogens (tertiary/aromatic N) is 2. The SMILES string of the molecule is Cc1cccc(C2NC3(CC3)C(=O)N2CCCN(C)C)c1. The van der Waals surface area contributed by atoms with Gasteiger partial charge in [0.05, 0.1) is 0 Å². The molecule has 1 saturated heterocycles. The van der Waals surface area contributed by atoms with E-state index in [-0.39, 0.29) is 11.7 Å². The summed E-state index contributed by atoms with van der Waals surface area (Å²) in [5.41, 5.74) is 2.20. The van der Waals surface area contributed by atoms with Gasteiger partial charge in [0, 0.05) is 6.54 Å². The molecule has 1 N–H and O–H groups in total. The van der Waals surface area contributed by atoms with Gasteiger partial charge in [0.15, 0.2) is 0 Å². The van der Waals surface area contributed by atoms with Crippen LogP contribution in [0, 0.1) is 6.92 Å². The number of aryl methyl sites for hydroxylation is 1. The first-order chi connectivity index (χ1) is 10.0. The number of nitrogens with one attached hydrogen (secondary N) is 1. The van der Waals surface area contributed by atoms with E-state index in [9.17, 15) is 4.79 Å². The second kappa shape index (κ2) is 5.43. The highest BCUT2D eigenvalue weighted by Crippen LogP contribution is 2.45. The molecule has 4 heteroatoms. The average molecular weight is 287 g/mol. The zero-order chi connectivity index (χ0) is 15.0. The summed E-state index contributed by atoms with van der Waals surface area (Å²) in [5.74, 6) is 0.299. The second-order valence-electron chi connectivity index (χ2n) is 6.70. The molecule has 0 radical (unpaired) electrons. The van der Waals surface area contributed by atoms with E-state index in [1.54, 1.807) is 0 Å². The van der Waals surface area contributed by atoms with Gasteiger partial charge in [-0.3, -0.25) is 10.1 Å². The van der Waals surface area contributed by atoms with E-state index in [0.29, 0.717) is 5.91 Å². The number of hydrogen-bond donors (Lipinski definition) is 1. The van der Waals surface area contributed by atoms with Crippen LogP contribution in [0.4, 0.5) is 0 Å². The van der Waals surface area contributed by atoms with Gasteiger partial charge in [-0.15, -0.1) is 0 Å². The van der Waals surface area contributed by atoms with Crippen molar-refractivity contribution in [3.63, 3.8) is 0 Å². The lowest BCUT2D eigenvalue weighted by atomic mass is 10.1. The van der Waals surface area contributed by atoms with Crippen molar-refractivity contribution in [1.82, 2.24) is 15.1 Å². The predicted molar refractivity (Wildman–Crippen MR) is 83.9 cm³/mol. The van der Waals surface area contributed by atoms with Crippen LogP contribution in [0.5, 0.6) is 0 Å². The molecule has 1 heterocycles. The van der Waals surface area contributed by atoms with Gasteiger partial charge < -0.3 is 9.80 Å². The molecule has 1 unspecified atom stereocenters. The molecule has 114 valence electrons. The Morgan fingerprint density at radius 1 is 1.38 bits per heavy atom. The topological polar surface area (TPSA) is 35.6 Å². The summed E-state index contributed by atoms with van der Waals surface area (Å²) in [5, 5.41) is 3.59. The first kappa shape index (κ1) is 14.5. The van der Waals surface area contributed by atoms with Crippen LogP contribution >= 0.6 is 0 Å². The Hall–Kier alpha value is -1.39. The lowest BCUT2D eigenvalue weighted by molar-refractivity contribution is -0.130. The van der Waals surface area contributed by atoms with Gasteiger partial charge in [0.2, 0.25) is 5.91 Å². The zero-order valence-electron chi connectivity index (χ0n) is 13.2. The van der Waals surface area contributed by atoms with Crippen molar-refractivity contribution in [3.8, 4) is 0 Å². The number of benzene rings is 1. The Morgan fingerprint density at radius 2 is 2.14 bits per heavy atom. The Balaban J connectivity index is 1.78. The monoisotopic (exact) mass is 287 g/mol. The van der Waals surface area contributed by atoms with E-state index in [4.69, 9.17) is 0 Å². The van der Waals surface area contributed by atoms with Crippen LogP contribution in [-0.2, 0) is 4.79 Å². The van der Waals surface area contributed by atoms with Crippen molar-refractivity contribution in [2.75, 3.05) is 27.2 Å². The maximum Gasteiger partial charge on any atom is 0.244 e. The summed E-state index contributed by atoms with van der Waals surface area (Å²) in [7, 11) is 4.15. The van der Waals surface area contributed by atoms with E-state index in [2.05, 4.69) is 55.5 Å². The molecule has 0 bridgehead atoms. The van der Waals surface area contributed by atoms with Crippen molar-refractivity contribution < 1.29 is 4.79 Å². The van der Waals surface area contributed by atoms with Crippen molar-refractivity contribution in [2.24, 2.45) is 0 Å². The highest BCUT2D eigenvalue weighted by molar-refractivity contribution is 5.92. The molecule has 1 aromatic carbocycles. The van der Waals surface area contributed by atoms with Crippen LogP contribution in [0.1, 0.15) is 36.6 Å². The zero-order valence-corrected chi connectivity index (χ0v) is 13.2. The second-order valence-corrected chi connectivity index (χ2v) is 6.70. The van der Waals surface area contributed by atoms with E-state index in [0.717, 1.165) is 32.4 Å². The quantitative estimate of drug-likeness (QED) is 0.898. The summed E-state index contributed by atoms with van der Waals surface area (Å²) in [6.07, 6.45) is 3.03. The highest BCUT2D eigenvalue weighted by atomic mass is 16.2. The van der Waals surface area contributed by atoms with Gasteiger partial charge in [0.1, 0.15) is 11.7 Å². The van der Waals surface area contributed by atoms with Crippen molar-refractivity contribution in [1.29, 1.82) is 0 Å². The van der Waals surface area contributed by atoms with Gasteiger partial charge in [0.25, 0.3) is 0 Å². The van der Waals surface area contributed by atoms with Gasteiger partial charge in [-0.2, -0.15) is 0 Å². The molecule has 1 aromatic rings. The Bertz CT molecular complexity index is 537. The summed E-state index contributed by atoms with van der Waals surface area (Å²) < 4.78 is 0. The van der Waals surface area contributed by atoms with Crippen LogP contribution < -0.4 is 5.32 Å². The Morgan fingerprint density at radius 3 is 2.76 bits per heavy atom. The van der Waals surface area contributed by atoms with E-state index in [1.165, 1.54) is 11.1 Å². The molecule has 21 heavy (non-hydrogen) atoms. The number of carbonyl (C=O) groups is 1. The minimum atomic E-state index is -0.244. The molecule has 1 atom stereocenters. The smallest absolute Gasteiger partial charge is 0.244 e. The summed E-state index contributed by atoms with van der Waals surface area (Å²) in [4.78, 5) is 16.9. The van der Waals surface area contributed by atoms with E-state index >= 15 is 0 Å². The summed E-state index contributed by atoms with van der Waals surface area (Å²) in [6.45, 7) is 3.94. The summed E-state index contributed by atoms with van der Waals surface area (Å²) >= 11 is 0. The first-order valence-corrected chi connectivity index (χ1v) is 7.82. The molecule has 2 fully saturated rings. The maximum absolute atomic E-state index is 12.7. The fourth-order valence-corrected chi connectivity index (χ4v) is 3.17. The predicted octanol–water partition coefficient (Wildman–Crippen LogP) is 1.91. The van der Waals surface area contributed by atoms with Crippen LogP contribution in [0.2, 0.25) is 0 Å². The van der Waals surface area contributed by atoms with E-state index in [1.807, 2.05) is 4.90 Å². The van der Waals surface area contributed by atoms with Crippen LogP contribution in [0.3, 0.4) is 0 Å². The largest absolute Gasteiger partial charge is 0.321 e. The lowest BCUT2D eigenvalue weighted by Gasteiger charge is -2.25. The third kappa shape index (κ3) is 2.83. The molecular formula is C17H25N3O. The normalized spacial score (nSPS) is 23.3. The fourth-order valence-electron chi connectivity index (χ4n) is 3.17. The van der Waals surface area contributed by atoms with Crippen LogP contribution in [-0.4, -0.2) is 48.4 Å². The minimum absolute atomic E-state index is 0.0436. The molecule has 1 aliphatic heterocycles. The molecule has 2 aliphatic rings. The van der Waals surface area contributed by atoms with Gasteiger partial charge in [-0.05, 0) is 52.4 Å². The van der Waals surface area contributed by atoms with Gasteiger partial charge in [-0.25, -0.2) is 0 Å². The van der Waals surface area contributed by atoms with Crippen molar-refractivity contribution in [3.05, 3.63) is 35.4 Å². The summed E-state index contributed by atoms with van der Waals surface area (Å²) in [6, 6.07) is 8.49. The van der Waals surface area contributed by atoms with Crippen LogP contribution in [0.15, 0.2) is 24.3 Å². The highest BCUT2D eigenvalue weighted by Gasteiger charge is 2.59. The first-order valence-electron chi connectivity index (χ1n) is 7.82. The minimum Gasteiger partial charge on any atom is -0.321 e. The molecule has 1 saturated carbocycles. The molecule has 1 spiro atoms. The maximum atomic E-state index is 12.7. The molecule has 0 aromatic heterocycles. The average Bonchev–Trinajstić information content (AvgIpc) is 3.16. The van der Waals surface area contributed by atoms with Crippen molar-refractivity contribution >= 4 is 5.91 Å². The molecule has 1 amide bonds. The number of hydrogen-bond acceptors (Lipinski definition) is 3. The molecular weight excluding hydrogens is 262 g/mol. The number of amides is 1. The molecule has 1 aliphatic carbocycles. The van der Waals surface area contributed by atoms with Crippen LogP contribution in [0.25, 0.3) is 0 Å². The molecule has 4 nitrogen and oxygen atoms in total. The third-order valence-corrected chi connectivity index (χ3v) is 4.51. The van der Waals surface area contributed by atoms with Gasteiger partial charge in [-0.1, -0.05) is 29.8 Å².